The molecule has 1 N–H and O–H groups in total. The van der Waals surface area contributed by atoms with E-state index in [1.54, 1.807) is 0 Å². The van der Waals surface area contributed by atoms with Crippen LogP contribution in [0, 0.1) is 6.92 Å². The average Bonchev–Trinajstić information content (AvgIpc) is 2.95. The molecule has 146 valence electrons. The van der Waals surface area contributed by atoms with Crippen molar-refractivity contribution in [2.24, 2.45) is 0 Å². The number of aryl methyl sites for hydroxylation is 2. The number of Topliss-reactive ketones (excluding diaryl/α,β-unsaturated/α-hetero) is 1. The predicted molar refractivity (Wildman–Crippen MR) is 107 cm³/mol. The molecule has 0 aliphatic heterocycles. The highest BCUT2D eigenvalue weighted by molar-refractivity contribution is 7.92. The van der Waals surface area contributed by atoms with Crippen molar-refractivity contribution >= 4 is 38.8 Å². The van der Waals surface area contributed by atoms with Crippen molar-refractivity contribution < 1.29 is 22.7 Å². The molecule has 0 fully saturated rings. The minimum Gasteiger partial charge on any atom is -0.450 e. The van der Waals surface area contributed by atoms with Gasteiger partial charge in [-0.15, -0.1) is 11.3 Å². The maximum Gasteiger partial charge on any atom is 0.349 e. The van der Waals surface area contributed by atoms with E-state index in [1.165, 1.54) is 42.5 Å². The van der Waals surface area contributed by atoms with Gasteiger partial charge in [0, 0.05) is 16.1 Å². The number of ether oxygens (including phenoxy) is 1. The first-order chi connectivity index (χ1) is 12.6. The summed E-state index contributed by atoms with van der Waals surface area (Å²) in [6, 6.07) is 7.79. The van der Waals surface area contributed by atoms with Gasteiger partial charge in [0.15, 0.2) is 6.10 Å². The zero-order valence-corrected chi connectivity index (χ0v) is 17.4. The molecule has 0 aliphatic rings. The Morgan fingerprint density at radius 2 is 1.85 bits per heavy atom. The van der Waals surface area contributed by atoms with Gasteiger partial charge in [0.1, 0.15) is 4.88 Å². The van der Waals surface area contributed by atoms with Gasteiger partial charge in [0.05, 0.1) is 6.26 Å². The standard InChI is InChI=1S/C19H23NO5S2/c1-5-6-15-11-17(26-13(15)3)19(22)25-12(2)18(21)14-7-9-16(10-8-14)20-27(4,23)24/h7-12,20H,5-6H2,1-4H3/t12-/m0/s1. The second-order valence-electron chi connectivity index (χ2n) is 6.31. The summed E-state index contributed by atoms with van der Waals surface area (Å²) in [4.78, 5) is 26.4. The Labute approximate surface area is 163 Å². The van der Waals surface area contributed by atoms with E-state index >= 15 is 0 Å². The number of carbonyl (C=O) groups excluding carboxylic acids is 2. The summed E-state index contributed by atoms with van der Waals surface area (Å²) in [6.07, 6.45) is 2.00. The Morgan fingerprint density at radius 1 is 1.22 bits per heavy atom. The van der Waals surface area contributed by atoms with E-state index in [4.69, 9.17) is 4.74 Å². The summed E-state index contributed by atoms with van der Waals surface area (Å²) in [5.74, 6) is -0.863. The van der Waals surface area contributed by atoms with Crippen LogP contribution in [0.3, 0.4) is 0 Å². The number of anilines is 1. The molecule has 27 heavy (non-hydrogen) atoms. The van der Waals surface area contributed by atoms with Crippen LogP contribution < -0.4 is 4.72 Å². The molecule has 2 aromatic rings. The highest BCUT2D eigenvalue weighted by Crippen LogP contribution is 2.24. The van der Waals surface area contributed by atoms with Crippen molar-refractivity contribution in [1.29, 1.82) is 0 Å². The van der Waals surface area contributed by atoms with Gasteiger partial charge in [-0.2, -0.15) is 0 Å². The van der Waals surface area contributed by atoms with Gasteiger partial charge < -0.3 is 4.74 Å². The highest BCUT2D eigenvalue weighted by atomic mass is 32.2. The van der Waals surface area contributed by atoms with Gasteiger partial charge >= 0.3 is 5.97 Å². The first kappa shape index (κ1) is 21.1. The molecule has 0 amide bonds. The van der Waals surface area contributed by atoms with E-state index in [9.17, 15) is 18.0 Å². The number of thiophene rings is 1. The normalized spacial score (nSPS) is 12.4. The first-order valence-electron chi connectivity index (χ1n) is 8.53. The molecular formula is C19H23NO5S2. The van der Waals surface area contributed by atoms with Crippen molar-refractivity contribution in [3.63, 3.8) is 0 Å². The number of hydrogen-bond donors (Lipinski definition) is 1. The molecule has 0 saturated carbocycles. The fourth-order valence-electron chi connectivity index (χ4n) is 2.56. The summed E-state index contributed by atoms with van der Waals surface area (Å²) in [5, 5.41) is 0. The molecule has 0 aliphatic carbocycles. The van der Waals surface area contributed by atoms with Crippen LogP contribution in [0.4, 0.5) is 5.69 Å². The van der Waals surface area contributed by atoms with Crippen LogP contribution in [-0.4, -0.2) is 32.5 Å². The summed E-state index contributed by atoms with van der Waals surface area (Å²) in [7, 11) is -3.38. The number of rotatable bonds is 8. The number of hydrogen-bond acceptors (Lipinski definition) is 6. The van der Waals surface area contributed by atoms with Gasteiger partial charge in [-0.25, -0.2) is 13.2 Å². The molecule has 6 nitrogen and oxygen atoms in total. The van der Waals surface area contributed by atoms with Crippen LogP contribution >= 0.6 is 11.3 Å². The van der Waals surface area contributed by atoms with Crippen molar-refractivity contribution in [1.82, 2.24) is 0 Å². The minimum absolute atomic E-state index is 0.336. The van der Waals surface area contributed by atoms with Crippen molar-refractivity contribution in [3.8, 4) is 0 Å². The Morgan fingerprint density at radius 3 is 2.41 bits per heavy atom. The summed E-state index contributed by atoms with van der Waals surface area (Å²) in [6.45, 7) is 5.57. The number of benzene rings is 1. The van der Waals surface area contributed by atoms with Crippen LogP contribution in [0.2, 0.25) is 0 Å². The zero-order chi connectivity index (χ0) is 20.2. The fraction of sp³-hybridized carbons (Fsp3) is 0.368. The second kappa shape index (κ2) is 8.67. The lowest BCUT2D eigenvalue weighted by Crippen LogP contribution is -2.24. The maximum absolute atomic E-state index is 12.5. The lowest BCUT2D eigenvalue weighted by atomic mass is 10.1. The smallest absolute Gasteiger partial charge is 0.349 e. The van der Waals surface area contributed by atoms with Crippen LogP contribution in [0.5, 0.6) is 0 Å². The predicted octanol–water partition coefficient (Wildman–Crippen LogP) is 3.81. The number of nitrogens with one attached hydrogen (secondary N) is 1. The molecule has 0 bridgehead atoms. The Bertz CT molecular complexity index is 930. The molecule has 2 rings (SSSR count). The lowest BCUT2D eigenvalue weighted by molar-refractivity contribution is 0.0323. The fourth-order valence-corrected chi connectivity index (χ4v) is 4.08. The molecule has 0 radical (unpaired) electrons. The molecule has 1 atom stereocenters. The van der Waals surface area contributed by atoms with Gasteiger partial charge in [0.25, 0.3) is 0 Å². The molecule has 1 aromatic heterocycles. The number of esters is 1. The van der Waals surface area contributed by atoms with Gasteiger partial charge in [-0.05, 0) is 56.2 Å². The molecule has 1 heterocycles. The van der Waals surface area contributed by atoms with Gasteiger partial charge in [-0.3, -0.25) is 9.52 Å². The first-order valence-corrected chi connectivity index (χ1v) is 11.2. The van der Waals surface area contributed by atoms with Crippen LogP contribution in [0.25, 0.3) is 0 Å². The van der Waals surface area contributed by atoms with E-state index in [1.807, 2.05) is 13.0 Å². The largest absolute Gasteiger partial charge is 0.450 e. The quantitative estimate of drug-likeness (QED) is 0.529. The number of sulfonamides is 1. The van der Waals surface area contributed by atoms with Crippen LogP contribution in [0.15, 0.2) is 30.3 Å². The number of carbonyl (C=O) groups is 2. The minimum atomic E-state index is -3.38. The molecular weight excluding hydrogens is 386 g/mol. The third-order valence-electron chi connectivity index (χ3n) is 3.87. The van der Waals surface area contributed by atoms with Crippen LogP contribution in [-0.2, 0) is 21.2 Å². The van der Waals surface area contributed by atoms with Gasteiger partial charge in [-0.1, -0.05) is 13.3 Å². The van der Waals surface area contributed by atoms with E-state index in [2.05, 4.69) is 11.6 Å². The summed E-state index contributed by atoms with van der Waals surface area (Å²) < 4.78 is 30.1. The van der Waals surface area contributed by atoms with E-state index in [0.29, 0.717) is 16.1 Å². The van der Waals surface area contributed by atoms with E-state index in [0.717, 1.165) is 29.5 Å². The topological polar surface area (TPSA) is 89.5 Å². The highest BCUT2D eigenvalue weighted by Gasteiger charge is 2.22. The van der Waals surface area contributed by atoms with Crippen molar-refractivity contribution in [2.75, 3.05) is 11.0 Å². The molecule has 1 aromatic carbocycles. The Balaban J connectivity index is 2.04. The molecule has 0 unspecified atom stereocenters. The average molecular weight is 410 g/mol. The SMILES string of the molecule is CCCc1cc(C(=O)O[C@@H](C)C(=O)c2ccc(NS(C)(=O)=O)cc2)sc1C. The molecule has 0 spiro atoms. The van der Waals surface area contributed by atoms with Gasteiger partial charge in [0.2, 0.25) is 15.8 Å². The zero-order valence-electron chi connectivity index (χ0n) is 15.7. The molecule has 8 heteroatoms. The van der Waals surface area contributed by atoms with E-state index in [-0.39, 0.29) is 5.78 Å². The summed E-state index contributed by atoms with van der Waals surface area (Å²) >= 11 is 1.37. The van der Waals surface area contributed by atoms with Crippen LogP contribution in [0.1, 0.15) is 50.7 Å². The third kappa shape index (κ3) is 5.90. The lowest BCUT2D eigenvalue weighted by Gasteiger charge is -2.12. The monoisotopic (exact) mass is 409 g/mol. The Kier molecular flexibility index (Phi) is 6.78. The number of ketones is 1. The Hall–Kier alpha value is -2.19. The molecule has 0 saturated heterocycles. The summed E-state index contributed by atoms with van der Waals surface area (Å²) in [5.41, 5.74) is 1.82. The second-order valence-corrected chi connectivity index (χ2v) is 9.31. The third-order valence-corrected chi connectivity index (χ3v) is 5.55. The van der Waals surface area contributed by atoms with E-state index < -0.39 is 22.1 Å². The van der Waals surface area contributed by atoms with Crippen molar-refractivity contribution in [2.45, 2.75) is 39.7 Å². The van der Waals surface area contributed by atoms with Crippen molar-refractivity contribution in [3.05, 3.63) is 51.2 Å². The maximum atomic E-state index is 12.5.